The van der Waals surface area contributed by atoms with Gasteiger partial charge < -0.3 is 14.8 Å². The van der Waals surface area contributed by atoms with E-state index in [4.69, 9.17) is 0 Å². The molecule has 0 spiro atoms. The first-order chi connectivity index (χ1) is 9.81. The zero-order chi connectivity index (χ0) is 15.7. The van der Waals surface area contributed by atoms with E-state index in [0.29, 0.717) is 0 Å². The monoisotopic (exact) mass is 288 g/mol. The first-order valence-electron chi connectivity index (χ1n) is 7.33. The summed E-state index contributed by atoms with van der Waals surface area (Å²) in [6.45, 7) is 10.0. The maximum Gasteiger partial charge on any atom is 0.322 e. The number of rotatable bonds is 3. The fraction of sp³-hybridized carbons (Fsp3) is 0.500. The number of amides is 2. The molecule has 0 saturated carbocycles. The molecule has 0 aliphatic rings. The maximum atomic E-state index is 12.4. The van der Waals surface area contributed by atoms with Gasteiger partial charge in [-0.3, -0.25) is 0 Å². The second kappa shape index (κ2) is 5.76. The number of nitrogens with zero attached hydrogens (tertiary/aromatic N) is 3. The van der Waals surface area contributed by atoms with Crippen molar-refractivity contribution < 1.29 is 4.79 Å². The third kappa shape index (κ3) is 3.01. The molecule has 0 bridgehead atoms. The van der Waals surface area contributed by atoms with Crippen molar-refractivity contribution >= 4 is 22.8 Å². The van der Waals surface area contributed by atoms with Crippen LogP contribution < -0.4 is 5.32 Å². The lowest BCUT2D eigenvalue weighted by Gasteiger charge is -2.30. The lowest BCUT2D eigenvalue weighted by Crippen LogP contribution is -2.44. The number of benzene rings is 1. The van der Waals surface area contributed by atoms with E-state index in [9.17, 15) is 4.79 Å². The van der Waals surface area contributed by atoms with Gasteiger partial charge in [-0.2, -0.15) is 0 Å². The van der Waals surface area contributed by atoms with Gasteiger partial charge in [0.1, 0.15) is 5.82 Å². The highest BCUT2D eigenvalue weighted by Gasteiger charge is 2.20. The Hall–Kier alpha value is -2.04. The summed E-state index contributed by atoms with van der Waals surface area (Å²) in [7, 11) is 1.99. The predicted molar refractivity (Wildman–Crippen MR) is 86.6 cm³/mol. The van der Waals surface area contributed by atoms with Crippen LogP contribution in [0, 0.1) is 6.92 Å². The van der Waals surface area contributed by atoms with Crippen molar-refractivity contribution in [2.75, 3.05) is 5.32 Å². The van der Waals surface area contributed by atoms with Gasteiger partial charge in [-0.25, -0.2) is 9.78 Å². The third-order valence-electron chi connectivity index (χ3n) is 3.70. The van der Waals surface area contributed by atoms with Gasteiger partial charge in [0.2, 0.25) is 0 Å². The summed E-state index contributed by atoms with van der Waals surface area (Å²) in [6.07, 6.45) is 0. The average molecular weight is 288 g/mol. The number of hydrogen-bond donors (Lipinski definition) is 1. The smallest absolute Gasteiger partial charge is 0.322 e. The zero-order valence-corrected chi connectivity index (χ0v) is 13.6. The molecule has 0 unspecified atom stereocenters. The van der Waals surface area contributed by atoms with E-state index in [0.717, 1.165) is 22.5 Å². The molecule has 2 amide bonds. The second-order valence-corrected chi connectivity index (χ2v) is 5.95. The van der Waals surface area contributed by atoms with Crippen LogP contribution in [-0.2, 0) is 7.05 Å². The molecule has 0 saturated heterocycles. The summed E-state index contributed by atoms with van der Waals surface area (Å²) in [5, 5.41) is 2.96. The molecule has 5 nitrogen and oxygen atoms in total. The minimum atomic E-state index is -0.0768. The van der Waals surface area contributed by atoms with E-state index in [2.05, 4.69) is 10.3 Å². The molecule has 0 aliphatic heterocycles. The Balaban J connectivity index is 2.25. The van der Waals surface area contributed by atoms with Crippen LogP contribution in [0.4, 0.5) is 10.5 Å². The van der Waals surface area contributed by atoms with Crippen LogP contribution in [0.1, 0.15) is 33.5 Å². The van der Waals surface area contributed by atoms with Crippen molar-refractivity contribution in [3.63, 3.8) is 0 Å². The van der Waals surface area contributed by atoms with Gasteiger partial charge in [0.25, 0.3) is 0 Å². The van der Waals surface area contributed by atoms with E-state index in [-0.39, 0.29) is 18.1 Å². The standard InChI is InChI=1S/C16H24N4O/c1-10(2)20(11(3)4)16(21)18-13-7-8-15-14(9-13)17-12(5)19(15)6/h7-11H,1-6H3,(H,18,21). The van der Waals surface area contributed by atoms with Crippen LogP contribution in [0.15, 0.2) is 18.2 Å². The maximum absolute atomic E-state index is 12.4. The molecule has 0 fully saturated rings. The zero-order valence-electron chi connectivity index (χ0n) is 13.6. The van der Waals surface area contributed by atoms with Gasteiger partial charge >= 0.3 is 6.03 Å². The van der Waals surface area contributed by atoms with Gasteiger partial charge in [0, 0.05) is 24.8 Å². The lowest BCUT2D eigenvalue weighted by molar-refractivity contribution is 0.178. The average Bonchev–Trinajstić information content (AvgIpc) is 2.63. The quantitative estimate of drug-likeness (QED) is 0.939. The van der Waals surface area contributed by atoms with Gasteiger partial charge in [0.15, 0.2) is 0 Å². The van der Waals surface area contributed by atoms with Crippen LogP contribution in [-0.4, -0.2) is 32.6 Å². The van der Waals surface area contributed by atoms with Crippen molar-refractivity contribution in [2.45, 2.75) is 46.7 Å². The first-order valence-corrected chi connectivity index (χ1v) is 7.33. The number of aromatic nitrogens is 2. The normalized spacial score (nSPS) is 11.4. The largest absolute Gasteiger partial charge is 0.331 e. The number of carbonyl (C=O) groups is 1. The van der Waals surface area contributed by atoms with E-state index < -0.39 is 0 Å². The Labute approximate surface area is 126 Å². The predicted octanol–water partition coefficient (Wildman–Crippen LogP) is 3.53. The summed E-state index contributed by atoms with van der Waals surface area (Å²) in [6, 6.07) is 6.06. The van der Waals surface area contributed by atoms with Gasteiger partial charge in [-0.15, -0.1) is 0 Å². The fourth-order valence-electron chi connectivity index (χ4n) is 2.65. The van der Waals surface area contributed by atoms with E-state index in [1.807, 2.05) is 69.3 Å². The summed E-state index contributed by atoms with van der Waals surface area (Å²) >= 11 is 0. The number of urea groups is 1. The second-order valence-electron chi connectivity index (χ2n) is 5.95. The van der Waals surface area contributed by atoms with Crippen LogP contribution in [0.5, 0.6) is 0 Å². The molecular formula is C16H24N4O. The fourth-order valence-corrected chi connectivity index (χ4v) is 2.65. The van der Waals surface area contributed by atoms with Crippen LogP contribution in [0.2, 0.25) is 0 Å². The number of imidazole rings is 1. The Bertz CT molecular complexity index is 650. The van der Waals surface area contributed by atoms with Crippen molar-refractivity contribution in [1.82, 2.24) is 14.5 Å². The molecule has 2 aromatic rings. The Morgan fingerprint density at radius 2 is 1.86 bits per heavy atom. The number of fused-ring (bicyclic) bond motifs is 1. The Morgan fingerprint density at radius 1 is 1.24 bits per heavy atom. The number of carbonyl (C=O) groups excluding carboxylic acids is 1. The molecule has 0 aliphatic carbocycles. The molecule has 1 heterocycles. The van der Waals surface area contributed by atoms with E-state index in [1.165, 1.54) is 0 Å². The lowest BCUT2D eigenvalue weighted by atomic mass is 10.2. The number of aryl methyl sites for hydroxylation is 2. The molecule has 2 rings (SSSR count). The highest BCUT2D eigenvalue weighted by Crippen LogP contribution is 2.20. The van der Waals surface area contributed by atoms with Crippen molar-refractivity contribution in [3.8, 4) is 0 Å². The van der Waals surface area contributed by atoms with E-state index >= 15 is 0 Å². The minimum absolute atomic E-state index is 0.0768. The van der Waals surface area contributed by atoms with Gasteiger partial charge in [-0.05, 0) is 52.8 Å². The minimum Gasteiger partial charge on any atom is -0.331 e. The topological polar surface area (TPSA) is 50.2 Å². The first kappa shape index (κ1) is 15.4. The molecule has 1 N–H and O–H groups in total. The van der Waals surface area contributed by atoms with Crippen LogP contribution in [0.25, 0.3) is 11.0 Å². The summed E-state index contributed by atoms with van der Waals surface area (Å²) in [4.78, 5) is 18.7. The summed E-state index contributed by atoms with van der Waals surface area (Å²) in [5.41, 5.74) is 2.74. The SMILES string of the molecule is Cc1nc2cc(NC(=O)N(C(C)C)C(C)C)ccc2n1C. The van der Waals surface area contributed by atoms with Gasteiger partial charge in [-0.1, -0.05) is 0 Å². The Kier molecular flexibility index (Phi) is 4.21. The van der Waals surface area contributed by atoms with Crippen LogP contribution in [0.3, 0.4) is 0 Å². The molecular weight excluding hydrogens is 264 g/mol. The molecule has 5 heteroatoms. The third-order valence-corrected chi connectivity index (χ3v) is 3.70. The molecule has 0 radical (unpaired) electrons. The molecule has 0 atom stereocenters. The molecule has 114 valence electrons. The summed E-state index contributed by atoms with van der Waals surface area (Å²) in [5.74, 6) is 0.958. The summed E-state index contributed by atoms with van der Waals surface area (Å²) < 4.78 is 2.04. The van der Waals surface area contributed by atoms with Crippen molar-refractivity contribution in [3.05, 3.63) is 24.0 Å². The van der Waals surface area contributed by atoms with Crippen LogP contribution >= 0.6 is 0 Å². The number of anilines is 1. The highest BCUT2D eigenvalue weighted by molar-refractivity contribution is 5.92. The molecule has 1 aromatic heterocycles. The van der Waals surface area contributed by atoms with Crippen molar-refractivity contribution in [1.29, 1.82) is 0 Å². The number of hydrogen-bond acceptors (Lipinski definition) is 2. The van der Waals surface area contributed by atoms with E-state index in [1.54, 1.807) is 0 Å². The Morgan fingerprint density at radius 3 is 2.43 bits per heavy atom. The number of nitrogens with one attached hydrogen (secondary N) is 1. The molecule has 1 aromatic carbocycles. The highest BCUT2D eigenvalue weighted by atomic mass is 16.2. The van der Waals surface area contributed by atoms with Crippen molar-refractivity contribution in [2.24, 2.45) is 7.05 Å². The molecule has 21 heavy (non-hydrogen) atoms. The van der Waals surface area contributed by atoms with Gasteiger partial charge in [0.05, 0.1) is 11.0 Å².